The molecule has 0 spiro atoms. The Morgan fingerprint density at radius 1 is 1.24 bits per heavy atom. The minimum atomic E-state index is -0.475. The van der Waals surface area contributed by atoms with Gasteiger partial charge in [0.25, 0.3) is 0 Å². The van der Waals surface area contributed by atoms with Crippen LogP contribution in [-0.4, -0.2) is 10.9 Å². The largest absolute Gasteiger partial charge is 0.488 e. The molecule has 5 heteroatoms. The van der Waals surface area contributed by atoms with Crippen molar-refractivity contribution in [2.45, 2.75) is 20.0 Å². The van der Waals surface area contributed by atoms with Crippen LogP contribution >= 0.6 is 11.6 Å². The van der Waals surface area contributed by atoms with Gasteiger partial charge in [0, 0.05) is 11.1 Å². The lowest BCUT2D eigenvalue weighted by Crippen LogP contribution is -2.05. The van der Waals surface area contributed by atoms with Gasteiger partial charge in [0.2, 0.25) is 0 Å². The third-order valence-electron chi connectivity index (χ3n) is 3.07. The van der Waals surface area contributed by atoms with E-state index in [9.17, 15) is 4.39 Å². The summed E-state index contributed by atoms with van der Waals surface area (Å²) >= 11 is 5.90. The molecule has 0 aliphatic rings. The van der Waals surface area contributed by atoms with E-state index in [-0.39, 0.29) is 11.6 Å². The van der Waals surface area contributed by atoms with Crippen molar-refractivity contribution in [3.05, 3.63) is 64.4 Å². The second kappa shape index (κ2) is 7.09. The van der Waals surface area contributed by atoms with E-state index in [1.165, 1.54) is 6.07 Å². The molecule has 0 saturated heterocycles. The molecule has 0 fully saturated rings. The number of ether oxygens (including phenoxy) is 1. The molecule has 0 bridgehead atoms. The van der Waals surface area contributed by atoms with Crippen molar-refractivity contribution < 1.29 is 14.3 Å². The first-order valence-corrected chi connectivity index (χ1v) is 6.91. The predicted octanol–water partition coefficient (Wildman–Crippen LogP) is 4.65. The first-order chi connectivity index (χ1) is 10.2. The van der Waals surface area contributed by atoms with Gasteiger partial charge in [-0.3, -0.25) is 0 Å². The quantitative estimate of drug-likeness (QED) is 0.496. The zero-order chi connectivity index (χ0) is 15.2. The number of rotatable bonds is 5. The van der Waals surface area contributed by atoms with Gasteiger partial charge < -0.3 is 9.94 Å². The predicted molar refractivity (Wildman–Crippen MR) is 80.8 cm³/mol. The summed E-state index contributed by atoms with van der Waals surface area (Å²) in [6.45, 7) is 2.02. The summed E-state index contributed by atoms with van der Waals surface area (Å²) in [7, 11) is 0. The number of hydrogen-bond donors (Lipinski definition) is 1. The maximum absolute atomic E-state index is 13.4. The molecule has 0 aromatic heterocycles. The highest BCUT2D eigenvalue weighted by Gasteiger charge is 2.11. The van der Waals surface area contributed by atoms with Crippen LogP contribution < -0.4 is 4.74 Å². The highest BCUT2D eigenvalue weighted by Crippen LogP contribution is 2.24. The lowest BCUT2D eigenvalue weighted by molar-refractivity contribution is 0.302. The summed E-state index contributed by atoms with van der Waals surface area (Å²) in [6, 6.07) is 11.8. The molecule has 110 valence electrons. The molecule has 0 radical (unpaired) electrons. The Labute approximate surface area is 127 Å². The molecule has 3 nitrogen and oxygen atoms in total. The topological polar surface area (TPSA) is 41.8 Å². The number of oxime groups is 1. The Hall–Kier alpha value is -2.07. The van der Waals surface area contributed by atoms with E-state index in [0.717, 1.165) is 0 Å². The molecular formula is C16H15ClFNO2. The zero-order valence-electron chi connectivity index (χ0n) is 11.5. The number of hydrogen-bond acceptors (Lipinski definition) is 3. The van der Waals surface area contributed by atoms with Gasteiger partial charge >= 0.3 is 0 Å². The van der Waals surface area contributed by atoms with Crippen molar-refractivity contribution in [3.63, 3.8) is 0 Å². The number of halogens is 2. The second-order valence-corrected chi connectivity index (χ2v) is 4.78. The fourth-order valence-corrected chi connectivity index (χ4v) is 2.14. The van der Waals surface area contributed by atoms with Crippen molar-refractivity contribution in [2.75, 3.05) is 0 Å². The van der Waals surface area contributed by atoms with Crippen LogP contribution in [0.1, 0.15) is 24.5 Å². The summed E-state index contributed by atoms with van der Waals surface area (Å²) in [5, 5.41) is 12.4. The Kier molecular flexibility index (Phi) is 5.17. The van der Waals surface area contributed by atoms with Gasteiger partial charge in [-0.15, -0.1) is 0 Å². The van der Waals surface area contributed by atoms with Gasteiger partial charge in [-0.1, -0.05) is 47.9 Å². The maximum atomic E-state index is 13.4. The van der Waals surface area contributed by atoms with Crippen LogP contribution in [0.4, 0.5) is 4.39 Å². The van der Waals surface area contributed by atoms with Gasteiger partial charge in [-0.25, -0.2) is 4.39 Å². The van der Waals surface area contributed by atoms with Crippen molar-refractivity contribution in [3.8, 4) is 5.75 Å². The Morgan fingerprint density at radius 3 is 2.71 bits per heavy atom. The lowest BCUT2D eigenvalue weighted by Gasteiger charge is -2.12. The molecule has 2 aromatic carbocycles. The van der Waals surface area contributed by atoms with E-state index in [1.54, 1.807) is 24.3 Å². The summed E-state index contributed by atoms with van der Waals surface area (Å²) in [4.78, 5) is 0. The van der Waals surface area contributed by atoms with E-state index >= 15 is 0 Å². The van der Waals surface area contributed by atoms with Gasteiger partial charge in [0.15, 0.2) is 0 Å². The van der Waals surface area contributed by atoms with Crippen molar-refractivity contribution >= 4 is 17.3 Å². The maximum Gasteiger partial charge on any atom is 0.142 e. The minimum absolute atomic E-state index is 0.0570. The minimum Gasteiger partial charge on any atom is -0.488 e. The Morgan fingerprint density at radius 2 is 2.00 bits per heavy atom. The number of nitrogens with zero attached hydrogens (tertiary/aromatic N) is 1. The fourth-order valence-electron chi connectivity index (χ4n) is 1.96. The molecule has 0 amide bonds. The second-order valence-electron chi connectivity index (χ2n) is 4.40. The van der Waals surface area contributed by atoms with E-state index in [4.69, 9.17) is 21.5 Å². The van der Waals surface area contributed by atoms with Crippen molar-refractivity contribution in [2.24, 2.45) is 5.16 Å². The van der Waals surface area contributed by atoms with Crippen molar-refractivity contribution in [1.82, 2.24) is 0 Å². The Bertz CT molecular complexity index is 658. The molecule has 0 saturated carbocycles. The summed E-state index contributed by atoms with van der Waals surface area (Å²) < 4.78 is 19.1. The normalized spacial score (nSPS) is 11.5. The molecule has 0 aliphatic heterocycles. The van der Waals surface area contributed by atoms with Crippen LogP contribution in [0, 0.1) is 5.82 Å². The molecule has 0 unspecified atom stereocenters. The lowest BCUT2D eigenvalue weighted by atomic mass is 10.1. The fraction of sp³-hybridized carbons (Fsp3) is 0.188. The SMILES string of the molecule is CC/C(=N/O)c1ccccc1OCc1cccc(F)c1Cl. The van der Waals surface area contributed by atoms with Crippen LogP contribution in [0.25, 0.3) is 0 Å². The van der Waals surface area contributed by atoms with Gasteiger partial charge in [-0.2, -0.15) is 0 Å². The van der Waals surface area contributed by atoms with E-state index in [0.29, 0.717) is 29.0 Å². The number of benzene rings is 2. The van der Waals surface area contributed by atoms with E-state index in [1.807, 2.05) is 19.1 Å². The molecule has 2 rings (SSSR count). The molecule has 1 N–H and O–H groups in total. The highest BCUT2D eigenvalue weighted by molar-refractivity contribution is 6.31. The molecular weight excluding hydrogens is 293 g/mol. The highest BCUT2D eigenvalue weighted by atomic mass is 35.5. The van der Waals surface area contributed by atoms with Crippen LogP contribution in [0.3, 0.4) is 0 Å². The van der Waals surface area contributed by atoms with Crippen LogP contribution in [0.5, 0.6) is 5.75 Å². The first-order valence-electron chi connectivity index (χ1n) is 6.53. The van der Waals surface area contributed by atoms with Crippen LogP contribution in [0.15, 0.2) is 47.6 Å². The smallest absolute Gasteiger partial charge is 0.142 e. The van der Waals surface area contributed by atoms with Gasteiger partial charge in [0.1, 0.15) is 18.2 Å². The number of para-hydroxylation sites is 1. The third kappa shape index (κ3) is 3.52. The average molecular weight is 308 g/mol. The third-order valence-corrected chi connectivity index (χ3v) is 3.49. The Balaban J connectivity index is 2.23. The summed E-state index contributed by atoms with van der Waals surface area (Å²) in [6.07, 6.45) is 0.567. The summed E-state index contributed by atoms with van der Waals surface area (Å²) in [5.74, 6) is 0.0877. The molecule has 21 heavy (non-hydrogen) atoms. The molecule has 0 aliphatic carbocycles. The van der Waals surface area contributed by atoms with E-state index < -0.39 is 5.82 Å². The van der Waals surface area contributed by atoms with Crippen LogP contribution in [0.2, 0.25) is 5.02 Å². The van der Waals surface area contributed by atoms with Crippen molar-refractivity contribution in [1.29, 1.82) is 0 Å². The standard InChI is InChI=1S/C16H15ClFNO2/c1-2-14(19-20)12-7-3-4-9-15(12)21-10-11-6-5-8-13(18)16(11)17/h3-9,20H,2,10H2,1H3/b19-14-. The van der Waals surface area contributed by atoms with Gasteiger partial charge in [0.05, 0.1) is 10.7 Å². The van der Waals surface area contributed by atoms with Crippen LogP contribution in [-0.2, 0) is 6.61 Å². The van der Waals surface area contributed by atoms with Gasteiger partial charge in [-0.05, 0) is 24.6 Å². The molecule has 2 aromatic rings. The first kappa shape index (κ1) is 15.3. The monoisotopic (exact) mass is 307 g/mol. The zero-order valence-corrected chi connectivity index (χ0v) is 12.3. The average Bonchev–Trinajstić information content (AvgIpc) is 2.51. The van der Waals surface area contributed by atoms with E-state index in [2.05, 4.69) is 5.16 Å². The molecule has 0 heterocycles. The summed E-state index contributed by atoms with van der Waals surface area (Å²) in [5.41, 5.74) is 1.79. The molecule has 0 atom stereocenters.